The van der Waals surface area contributed by atoms with E-state index in [2.05, 4.69) is 35.8 Å². The van der Waals surface area contributed by atoms with Gasteiger partial charge in [0.05, 0.1) is 46.6 Å². The van der Waals surface area contributed by atoms with Crippen molar-refractivity contribution in [3.8, 4) is 23.0 Å². The summed E-state index contributed by atoms with van der Waals surface area (Å²) in [5, 5.41) is 18.1. The van der Waals surface area contributed by atoms with E-state index in [9.17, 15) is 38.4 Å². The summed E-state index contributed by atoms with van der Waals surface area (Å²) < 4.78 is 40.1. The van der Waals surface area contributed by atoms with Crippen LogP contribution in [0.25, 0.3) is 0 Å². The van der Waals surface area contributed by atoms with Crippen molar-refractivity contribution in [3.63, 3.8) is 0 Å². The van der Waals surface area contributed by atoms with E-state index >= 15 is 0 Å². The molecule has 4 aromatic rings. The predicted octanol–water partition coefficient (Wildman–Crippen LogP) is 10.2. The molecule has 0 spiro atoms. The normalized spacial score (nSPS) is 12.5. The molecule has 0 saturated heterocycles. The Balaban J connectivity index is 0.000000529. The molecule has 0 aliphatic heterocycles. The number of hydrogen-bond acceptors (Lipinski definition) is 16. The Hall–Kier alpha value is -8.14. The Morgan fingerprint density at radius 1 is 0.475 bits per heavy atom. The zero-order valence-electron chi connectivity index (χ0n) is 44.3. The number of esters is 6. The fourth-order valence-electron chi connectivity index (χ4n) is 6.89. The zero-order valence-corrected chi connectivity index (χ0v) is 47.0. The molecule has 2 fully saturated rings. The second kappa shape index (κ2) is 39.3. The summed E-state index contributed by atoms with van der Waals surface area (Å²) in [5.74, 6) is -0.302. The number of aliphatic hydroxyl groups excluding tert-OH is 2. The van der Waals surface area contributed by atoms with Crippen molar-refractivity contribution >= 4 is 47.4 Å². The number of ether oxygens (including phenoxy) is 8. The van der Waals surface area contributed by atoms with Crippen molar-refractivity contribution in [1.82, 2.24) is 0 Å². The summed E-state index contributed by atoms with van der Waals surface area (Å²) in [4.78, 5) is 86.3. The van der Waals surface area contributed by atoms with Gasteiger partial charge in [-0.3, -0.25) is 19.2 Å². The molecule has 20 heteroatoms. The number of ketones is 2. The van der Waals surface area contributed by atoms with Crippen LogP contribution in [0.15, 0.2) is 171 Å². The maximum atomic E-state index is 11.9. The Bertz CT molecular complexity index is 2540. The molecule has 4 N–H and O–H groups in total. The van der Waals surface area contributed by atoms with Gasteiger partial charge >= 0.3 is 47.4 Å². The van der Waals surface area contributed by atoms with Crippen LogP contribution in [0, 0.1) is 11.8 Å². The molecule has 2 aliphatic carbocycles. The molecule has 2 aliphatic rings. The number of carbonyl (C=O) groups excluding carboxylic acids is 8. The van der Waals surface area contributed by atoms with E-state index in [0.29, 0.717) is 34.1 Å². The first-order valence-electron chi connectivity index (χ1n) is 24.5. The van der Waals surface area contributed by atoms with Gasteiger partial charge in [0.1, 0.15) is 36.2 Å². The van der Waals surface area contributed by atoms with Crippen LogP contribution in [-0.2, 0) is 98.4 Å². The maximum Gasteiger partial charge on any atom is 0.350 e. The summed E-state index contributed by atoms with van der Waals surface area (Å²) in [5.41, 5.74) is 2.73. The van der Waals surface area contributed by atoms with Crippen molar-refractivity contribution in [2.45, 2.75) is 78.4 Å². The standard InChI is InChI=1S/2C16H18O4.2C14H14O5.Fe.Pd/c2*1-2-15(17)19-11-12-7-9-14(10-8-12)20-16(18)13-5-3-4-6-13;2*1-3-14(17)19-9-18-12-6-4-11(5-7-12)13(16)8-10(2)15;;/h2*2,7-10,13H,1,3-6,11H2;2*3-8,15H,1,9H2,2H3;;/p+2. The maximum absolute atomic E-state index is 11.9. The minimum atomic E-state index is -0.564. The van der Waals surface area contributed by atoms with E-state index in [1.165, 1.54) is 26.0 Å². The molecule has 6 rings (SSSR count). The zero-order chi connectivity index (χ0) is 57.2. The average molecular weight is 1240 g/mol. The van der Waals surface area contributed by atoms with Gasteiger partial charge in [-0.25, -0.2) is 19.2 Å². The van der Waals surface area contributed by atoms with Gasteiger partial charge in [0.2, 0.25) is 13.6 Å². The third kappa shape index (κ3) is 28.5. The average Bonchev–Trinajstić information content (AvgIpc) is 4.20. The number of allylic oxidation sites excluding steroid dienone is 4. The smallest absolute Gasteiger partial charge is 0.350 e. The van der Waals surface area contributed by atoms with E-state index in [4.69, 9.17) is 38.6 Å². The molecule has 4 aromatic carbocycles. The fraction of sp³-hybridized carbons (Fsp3) is 0.267. The van der Waals surface area contributed by atoms with Crippen molar-refractivity contribution in [3.05, 3.63) is 194 Å². The molecule has 2 saturated carbocycles. The SMILES string of the molecule is C=CC(=O)OCOc1ccc(C(=[OH+])C=C(C)O)cc1.C=CC(=O)OCOc1ccc(C(=[OH+])C=C(C)O)cc1.C=CC(=O)OCc1ccc(OC(=O)C2CCCC2)cc1.C=CC(=O)OCc1ccc(OC(=O)C2CCCC2)cc1.[Fe].[Pd]. The molecule has 80 heavy (non-hydrogen) atoms. The van der Waals surface area contributed by atoms with Crippen molar-refractivity contribution in [2.75, 3.05) is 13.6 Å². The molecule has 0 atom stereocenters. The topological polar surface area (TPSA) is 260 Å². The molecule has 0 bridgehead atoms. The number of hydrogen-bond donors (Lipinski definition) is 2. The molecule has 0 radical (unpaired) electrons. The number of rotatable bonds is 22. The van der Waals surface area contributed by atoms with Gasteiger partial charge in [-0.1, -0.05) is 76.3 Å². The largest absolute Gasteiger partial charge is 0.512 e. The van der Waals surface area contributed by atoms with E-state index in [1.807, 2.05) is 0 Å². The minimum Gasteiger partial charge on any atom is -0.512 e. The molecule has 18 nitrogen and oxygen atoms in total. The monoisotopic (exact) mass is 1240 g/mol. The van der Waals surface area contributed by atoms with Crippen LogP contribution < -0.4 is 18.9 Å². The summed E-state index contributed by atoms with van der Waals surface area (Å²) in [6.45, 7) is 16.0. The first-order chi connectivity index (χ1) is 37.4. The minimum absolute atomic E-state index is 0. The van der Waals surface area contributed by atoms with Gasteiger partial charge in [-0.15, -0.1) is 0 Å². The fourth-order valence-corrected chi connectivity index (χ4v) is 6.89. The van der Waals surface area contributed by atoms with Gasteiger partial charge in [-0.2, -0.15) is 0 Å². The molecule has 0 unspecified atom stereocenters. The van der Waals surface area contributed by atoms with Gasteiger partial charge in [0.15, 0.2) is 0 Å². The quantitative estimate of drug-likeness (QED) is 0.00853. The first kappa shape index (κ1) is 69.9. The third-order valence-electron chi connectivity index (χ3n) is 10.9. The van der Waals surface area contributed by atoms with E-state index in [0.717, 1.165) is 86.8 Å². The Labute approximate surface area is 489 Å². The van der Waals surface area contributed by atoms with Gasteiger partial charge in [0.25, 0.3) is 0 Å². The second-order valence-corrected chi connectivity index (χ2v) is 17.0. The van der Waals surface area contributed by atoms with Gasteiger partial charge < -0.3 is 48.1 Å². The summed E-state index contributed by atoms with van der Waals surface area (Å²) in [7, 11) is 0. The second-order valence-electron chi connectivity index (χ2n) is 17.0. The van der Waals surface area contributed by atoms with Gasteiger partial charge in [0, 0.05) is 61.8 Å². The Kier molecular flexibility index (Phi) is 34.3. The number of carbonyl (C=O) groups is 6. The molecule has 0 heterocycles. The van der Waals surface area contributed by atoms with Crippen LogP contribution in [0.1, 0.15) is 87.5 Å². The van der Waals surface area contributed by atoms with Crippen molar-refractivity contribution < 1.29 is 124 Å². The third-order valence-corrected chi connectivity index (χ3v) is 10.9. The van der Waals surface area contributed by atoms with E-state index in [1.54, 1.807) is 97.1 Å². The summed E-state index contributed by atoms with van der Waals surface area (Å²) >= 11 is 0. The summed E-state index contributed by atoms with van der Waals surface area (Å²) in [6, 6.07) is 26.8. The van der Waals surface area contributed by atoms with Crippen molar-refractivity contribution in [2.24, 2.45) is 11.8 Å². The van der Waals surface area contributed by atoms with Crippen LogP contribution in [-0.4, -0.2) is 80.8 Å². The molecule has 0 amide bonds. The van der Waals surface area contributed by atoms with Crippen LogP contribution in [0.5, 0.6) is 23.0 Å². The van der Waals surface area contributed by atoms with Crippen LogP contribution in [0.4, 0.5) is 0 Å². The van der Waals surface area contributed by atoms with Crippen molar-refractivity contribution in [1.29, 1.82) is 0 Å². The van der Waals surface area contributed by atoms with Crippen LogP contribution >= 0.6 is 0 Å². The Morgan fingerprint density at radius 2 is 0.750 bits per heavy atom. The predicted molar refractivity (Wildman–Crippen MR) is 289 cm³/mol. The van der Waals surface area contributed by atoms with E-state index < -0.39 is 23.9 Å². The summed E-state index contributed by atoms with van der Waals surface area (Å²) in [6.07, 6.45) is 14.9. The number of aliphatic hydroxyl groups is 2. The van der Waals surface area contributed by atoms with E-state index in [-0.39, 0.29) is 111 Å². The first-order valence-corrected chi connectivity index (χ1v) is 24.5. The Morgan fingerprint density at radius 3 is 1.02 bits per heavy atom. The van der Waals surface area contributed by atoms with Crippen LogP contribution in [0.3, 0.4) is 0 Å². The molecular weight excluding hydrogens is 1170 g/mol. The molecule has 430 valence electrons. The number of benzene rings is 4. The molecular formula is C60H66FeO18Pd+2. The van der Waals surface area contributed by atoms with Crippen LogP contribution in [0.2, 0.25) is 0 Å². The molecule has 0 aromatic heterocycles. The van der Waals surface area contributed by atoms with Gasteiger partial charge in [-0.05, 0) is 123 Å².